The number of anilines is 1. The summed E-state index contributed by atoms with van der Waals surface area (Å²) in [6.45, 7) is 2.52. The second-order valence-electron chi connectivity index (χ2n) is 4.30. The van der Waals surface area contributed by atoms with Gasteiger partial charge in [-0.25, -0.2) is 10.8 Å². The van der Waals surface area contributed by atoms with E-state index in [4.69, 9.17) is 10.6 Å². The first kappa shape index (κ1) is 12.2. The Morgan fingerprint density at radius 2 is 2.18 bits per heavy atom. The minimum atomic E-state index is 0.581. The van der Waals surface area contributed by atoms with Crippen molar-refractivity contribution in [1.29, 1.82) is 0 Å². The van der Waals surface area contributed by atoms with Crippen LogP contribution in [0.3, 0.4) is 0 Å². The minimum absolute atomic E-state index is 0.581. The Bertz CT molecular complexity index is 336. The standard InChI is InChI=1S/C11H19N5O/c1-16(10-2-4-17-5-3-10)8-9-6-14-11(15-12)7-13-9/h6-7,10H,2-5,8,12H2,1H3,(H,14,15). The minimum Gasteiger partial charge on any atom is -0.381 e. The van der Waals surface area contributed by atoms with Crippen LogP contribution in [0.1, 0.15) is 18.5 Å². The SMILES string of the molecule is CN(Cc1cnc(NN)cn1)C1CCOCC1. The number of hydrogen-bond donors (Lipinski definition) is 2. The van der Waals surface area contributed by atoms with E-state index < -0.39 is 0 Å². The van der Waals surface area contributed by atoms with Gasteiger partial charge in [-0.05, 0) is 19.9 Å². The fraction of sp³-hybridized carbons (Fsp3) is 0.636. The van der Waals surface area contributed by atoms with Gasteiger partial charge >= 0.3 is 0 Å². The number of rotatable bonds is 4. The Balaban J connectivity index is 1.89. The first-order valence-corrected chi connectivity index (χ1v) is 5.85. The molecule has 0 spiro atoms. The van der Waals surface area contributed by atoms with Crippen molar-refractivity contribution in [3.63, 3.8) is 0 Å². The molecule has 2 heterocycles. The monoisotopic (exact) mass is 237 g/mol. The molecule has 0 atom stereocenters. The first-order chi connectivity index (χ1) is 8.29. The summed E-state index contributed by atoms with van der Waals surface area (Å²) < 4.78 is 5.35. The van der Waals surface area contributed by atoms with Crippen molar-refractivity contribution in [1.82, 2.24) is 14.9 Å². The number of hydrogen-bond acceptors (Lipinski definition) is 6. The average molecular weight is 237 g/mol. The molecule has 0 saturated carbocycles. The van der Waals surface area contributed by atoms with E-state index in [-0.39, 0.29) is 0 Å². The van der Waals surface area contributed by atoms with Gasteiger partial charge in [0.15, 0.2) is 5.82 Å². The van der Waals surface area contributed by atoms with E-state index in [1.807, 2.05) is 0 Å². The molecule has 0 bridgehead atoms. The number of nitrogens with one attached hydrogen (secondary N) is 1. The van der Waals surface area contributed by atoms with Gasteiger partial charge in [0.05, 0.1) is 18.1 Å². The van der Waals surface area contributed by atoms with Crippen molar-refractivity contribution < 1.29 is 4.74 Å². The molecule has 0 amide bonds. The summed E-state index contributed by atoms with van der Waals surface area (Å²) in [5.74, 6) is 5.83. The summed E-state index contributed by atoms with van der Waals surface area (Å²) in [6.07, 6.45) is 5.58. The maximum absolute atomic E-state index is 5.35. The average Bonchev–Trinajstić information content (AvgIpc) is 2.40. The number of aromatic nitrogens is 2. The molecular formula is C11H19N5O. The van der Waals surface area contributed by atoms with Crippen LogP contribution in [0.2, 0.25) is 0 Å². The van der Waals surface area contributed by atoms with E-state index >= 15 is 0 Å². The zero-order chi connectivity index (χ0) is 12.1. The molecule has 1 aromatic heterocycles. The topological polar surface area (TPSA) is 76.3 Å². The third-order valence-corrected chi connectivity index (χ3v) is 3.08. The highest BCUT2D eigenvalue weighted by Gasteiger charge is 2.18. The van der Waals surface area contributed by atoms with Gasteiger partial charge < -0.3 is 10.2 Å². The van der Waals surface area contributed by atoms with Crippen LogP contribution in [0.15, 0.2) is 12.4 Å². The molecule has 3 N–H and O–H groups in total. The molecule has 2 rings (SSSR count). The Labute approximate surface area is 101 Å². The van der Waals surface area contributed by atoms with E-state index in [1.54, 1.807) is 12.4 Å². The van der Waals surface area contributed by atoms with Crippen LogP contribution in [0.25, 0.3) is 0 Å². The normalized spacial score (nSPS) is 17.4. The lowest BCUT2D eigenvalue weighted by molar-refractivity contribution is 0.0403. The fourth-order valence-electron chi connectivity index (χ4n) is 2.02. The maximum atomic E-state index is 5.35. The third-order valence-electron chi connectivity index (χ3n) is 3.08. The quantitative estimate of drug-likeness (QED) is 0.582. The Morgan fingerprint density at radius 3 is 2.76 bits per heavy atom. The van der Waals surface area contributed by atoms with Gasteiger partial charge in [-0.1, -0.05) is 0 Å². The van der Waals surface area contributed by atoms with E-state index in [1.165, 1.54) is 0 Å². The van der Waals surface area contributed by atoms with Crippen LogP contribution >= 0.6 is 0 Å². The summed E-state index contributed by atoms with van der Waals surface area (Å²) >= 11 is 0. The van der Waals surface area contributed by atoms with Crippen molar-refractivity contribution in [2.45, 2.75) is 25.4 Å². The zero-order valence-corrected chi connectivity index (χ0v) is 10.1. The van der Waals surface area contributed by atoms with Crippen molar-refractivity contribution in [2.75, 3.05) is 25.7 Å². The smallest absolute Gasteiger partial charge is 0.158 e. The first-order valence-electron chi connectivity index (χ1n) is 5.85. The lowest BCUT2D eigenvalue weighted by Crippen LogP contribution is -2.36. The largest absolute Gasteiger partial charge is 0.381 e. The number of hydrazine groups is 1. The molecule has 0 radical (unpaired) electrons. The second-order valence-corrected chi connectivity index (χ2v) is 4.30. The Kier molecular flexibility index (Phi) is 4.24. The molecular weight excluding hydrogens is 218 g/mol. The van der Waals surface area contributed by atoms with Crippen LogP contribution in [0.4, 0.5) is 5.82 Å². The molecule has 6 nitrogen and oxygen atoms in total. The van der Waals surface area contributed by atoms with Crippen molar-refractivity contribution in [3.8, 4) is 0 Å². The van der Waals surface area contributed by atoms with Crippen molar-refractivity contribution >= 4 is 5.82 Å². The molecule has 1 aliphatic heterocycles. The van der Waals surface area contributed by atoms with Crippen LogP contribution in [0.5, 0.6) is 0 Å². The molecule has 1 aromatic rings. The van der Waals surface area contributed by atoms with Gasteiger partial charge in [-0.15, -0.1) is 0 Å². The summed E-state index contributed by atoms with van der Waals surface area (Å²) in [6, 6.07) is 0.581. The van der Waals surface area contributed by atoms with E-state index in [2.05, 4.69) is 27.3 Å². The summed E-state index contributed by atoms with van der Waals surface area (Å²) in [5, 5.41) is 0. The van der Waals surface area contributed by atoms with Crippen LogP contribution < -0.4 is 11.3 Å². The summed E-state index contributed by atoms with van der Waals surface area (Å²) in [4.78, 5) is 10.8. The third kappa shape index (κ3) is 3.36. The lowest BCUT2D eigenvalue weighted by atomic mass is 10.1. The molecule has 1 aliphatic rings. The highest BCUT2D eigenvalue weighted by atomic mass is 16.5. The molecule has 1 fully saturated rings. The number of nitrogen functional groups attached to an aromatic ring is 1. The van der Waals surface area contributed by atoms with Crippen LogP contribution in [-0.2, 0) is 11.3 Å². The summed E-state index contributed by atoms with van der Waals surface area (Å²) in [7, 11) is 2.12. The van der Waals surface area contributed by atoms with Crippen molar-refractivity contribution in [2.24, 2.45) is 5.84 Å². The molecule has 0 aromatic carbocycles. The van der Waals surface area contributed by atoms with E-state index in [9.17, 15) is 0 Å². The fourth-order valence-corrected chi connectivity index (χ4v) is 2.02. The predicted molar refractivity (Wildman–Crippen MR) is 65.2 cm³/mol. The summed E-state index contributed by atoms with van der Waals surface area (Å²) in [5.41, 5.74) is 3.42. The number of nitrogens with two attached hydrogens (primary N) is 1. The Morgan fingerprint density at radius 1 is 1.41 bits per heavy atom. The highest BCUT2D eigenvalue weighted by Crippen LogP contribution is 2.14. The van der Waals surface area contributed by atoms with Crippen LogP contribution in [-0.4, -0.2) is 41.2 Å². The second kappa shape index (κ2) is 5.90. The van der Waals surface area contributed by atoms with Gasteiger partial charge in [0, 0.05) is 25.8 Å². The zero-order valence-electron chi connectivity index (χ0n) is 10.1. The van der Waals surface area contributed by atoms with E-state index in [0.29, 0.717) is 11.9 Å². The Hall–Kier alpha value is -1.24. The predicted octanol–water partition coefficient (Wildman–Crippen LogP) is 0.373. The van der Waals surface area contributed by atoms with Gasteiger partial charge in [0.25, 0.3) is 0 Å². The van der Waals surface area contributed by atoms with Gasteiger partial charge in [-0.3, -0.25) is 9.88 Å². The molecule has 0 unspecified atom stereocenters. The van der Waals surface area contributed by atoms with E-state index in [0.717, 1.165) is 38.3 Å². The molecule has 0 aliphatic carbocycles. The van der Waals surface area contributed by atoms with Crippen LogP contribution in [0, 0.1) is 0 Å². The molecule has 17 heavy (non-hydrogen) atoms. The molecule has 1 saturated heterocycles. The van der Waals surface area contributed by atoms with Gasteiger partial charge in [0.2, 0.25) is 0 Å². The van der Waals surface area contributed by atoms with Gasteiger partial charge in [-0.2, -0.15) is 0 Å². The van der Waals surface area contributed by atoms with Crippen molar-refractivity contribution in [3.05, 3.63) is 18.1 Å². The molecule has 94 valence electrons. The van der Waals surface area contributed by atoms with Gasteiger partial charge in [0.1, 0.15) is 0 Å². The highest BCUT2D eigenvalue weighted by molar-refractivity contribution is 5.28. The number of ether oxygens (including phenoxy) is 1. The molecule has 6 heteroatoms. The number of nitrogens with zero attached hydrogens (tertiary/aromatic N) is 3. The lowest BCUT2D eigenvalue weighted by Gasteiger charge is -2.30. The maximum Gasteiger partial charge on any atom is 0.158 e.